The van der Waals surface area contributed by atoms with Crippen molar-refractivity contribution in [1.29, 1.82) is 0 Å². The van der Waals surface area contributed by atoms with Crippen molar-refractivity contribution in [3.8, 4) is 0 Å². The highest BCUT2D eigenvalue weighted by Crippen LogP contribution is 2.39. The first-order valence-corrected chi connectivity index (χ1v) is 9.11. The van der Waals surface area contributed by atoms with Gasteiger partial charge in [-0.15, -0.1) is 0 Å². The highest BCUT2D eigenvalue weighted by Gasteiger charge is 2.43. The summed E-state index contributed by atoms with van der Waals surface area (Å²) in [6, 6.07) is 0. The molecule has 23 heavy (non-hydrogen) atoms. The molecule has 0 spiro atoms. The summed E-state index contributed by atoms with van der Waals surface area (Å²) in [4.78, 5) is 0. The van der Waals surface area contributed by atoms with Crippen molar-refractivity contribution >= 4 is 0 Å². The molecule has 0 N–H and O–H groups in total. The van der Waals surface area contributed by atoms with E-state index in [0.717, 1.165) is 25.7 Å². The lowest BCUT2D eigenvalue weighted by Gasteiger charge is -2.47. The summed E-state index contributed by atoms with van der Waals surface area (Å²) in [5.41, 5.74) is 0.112. The minimum Gasteiger partial charge on any atom is -0.347 e. The van der Waals surface area contributed by atoms with Gasteiger partial charge in [-0.3, -0.25) is 0 Å². The Labute approximate surface area is 142 Å². The fourth-order valence-corrected chi connectivity index (χ4v) is 3.69. The number of hydrogen-bond donors (Lipinski definition) is 0. The Morgan fingerprint density at radius 2 is 1.26 bits per heavy atom. The van der Waals surface area contributed by atoms with Crippen LogP contribution in [0.4, 0.5) is 0 Å². The predicted molar refractivity (Wildman–Crippen MR) is 91.2 cm³/mol. The van der Waals surface area contributed by atoms with Gasteiger partial charge in [-0.25, -0.2) is 0 Å². The molecule has 0 unspecified atom stereocenters. The molecule has 4 atom stereocenters. The van der Waals surface area contributed by atoms with Gasteiger partial charge in [0.2, 0.25) is 0 Å². The second-order valence-electron chi connectivity index (χ2n) is 9.11. The second kappa shape index (κ2) is 6.62. The van der Waals surface area contributed by atoms with Crippen LogP contribution in [0.15, 0.2) is 0 Å². The first-order valence-electron chi connectivity index (χ1n) is 9.11. The van der Waals surface area contributed by atoms with Crippen LogP contribution < -0.4 is 0 Å². The van der Waals surface area contributed by atoms with Gasteiger partial charge in [-0.1, -0.05) is 27.7 Å². The smallest absolute Gasteiger partial charge is 0.163 e. The van der Waals surface area contributed by atoms with Gasteiger partial charge in [0.25, 0.3) is 0 Å². The van der Waals surface area contributed by atoms with Crippen LogP contribution in [0.2, 0.25) is 0 Å². The molecule has 0 saturated carbocycles. The van der Waals surface area contributed by atoms with Gasteiger partial charge in [-0.2, -0.15) is 0 Å². The van der Waals surface area contributed by atoms with Crippen molar-refractivity contribution in [2.45, 2.75) is 117 Å². The van der Waals surface area contributed by atoms with Crippen LogP contribution in [0.1, 0.15) is 81.1 Å². The molecule has 0 radical (unpaired) electrons. The molecule has 0 aromatic carbocycles. The van der Waals surface area contributed by atoms with E-state index in [1.807, 2.05) is 27.7 Å². The molecule has 2 aliphatic rings. The number of ether oxygens (including phenoxy) is 4. The summed E-state index contributed by atoms with van der Waals surface area (Å²) in [7, 11) is 0. The third-order valence-corrected chi connectivity index (χ3v) is 4.73. The zero-order valence-corrected chi connectivity index (χ0v) is 16.3. The highest BCUT2D eigenvalue weighted by molar-refractivity contribution is 4.87. The van der Waals surface area contributed by atoms with E-state index >= 15 is 0 Å². The van der Waals surface area contributed by atoms with E-state index in [1.165, 1.54) is 0 Å². The van der Waals surface area contributed by atoms with Crippen LogP contribution in [0.3, 0.4) is 0 Å². The van der Waals surface area contributed by atoms with Crippen molar-refractivity contribution < 1.29 is 18.9 Å². The van der Waals surface area contributed by atoms with Crippen LogP contribution >= 0.6 is 0 Å². The van der Waals surface area contributed by atoms with Gasteiger partial charge in [0.05, 0.1) is 24.4 Å². The van der Waals surface area contributed by atoms with Gasteiger partial charge in [0, 0.05) is 19.3 Å². The van der Waals surface area contributed by atoms with Crippen molar-refractivity contribution in [3.05, 3.63) is 0 Å². The molecule has 2 saturated heterocycles. The maximum atomic E-state index is 6.20. The van der Waals surface area contributed by atoms with E-state index in [4.69, 9.17) is 18.9 Å². The first-order chi connectivity index (χ1) is 10.4. The standard InChI is InChI=1S/C19H36O4/c1-9-13-10-14(21-18(5,6)20-13)11-15-12-16(17(2,3)4)23-19(7,8)22-15/h13-16H,9-12H2,1-8H3/t13-,14-,15-,16+/m1/s1. The van der Waals surface area contributed by atoms with Crippen LogP contribution in [-0.4, -0.2) is 36.0 Å². The molecule has 0 bridgehead atoms. The summed E-state index contributed by atoms with van der Waals surface area (Å²) in [6.07, 6.45) is 4.62. The molecule has 0 aromatic rings. The maximum absolute atomic E-state index is 6.20. The quantitative estimate of drug-likeness (QED) is 0.755. The van der Waals surface area contributed by atoms with E-state index in [0.29, 0.717) is 0 Å². The second-order valence-corrected chi connectivity index (χ2v) is 9.11. The third-order valence-electron chi connectivity index (χ3n) is 4.73. The van der Waals surface area contributed by atoms with Crippen LogP contribution in [-0.2, 0) is 18.9 Å². The topological polar surface area (TPSA) is 36.9 Å². The van der Waals surface area contributed by atoms with Gasteiger partial charge >= 0.3 is 0 Å². The molecule has 136 valence electrons. The molecule has 2 fully saturated rings. The fraction of sp³-hybridized carbons (Fsp3) is 1.00. The molecule has 0 aliphatic carbocycles. The fourth-order valence-electron chi connectivity index (χ4n) is 3.69. The molecule has 4 heteroatoms. The minimum atomic E-state index is -0.536. The Bertz CT molecular complexity index is 397. The van der Waals surface area contributed by atoms with Gasteiger partial charge in [0.15, 0.2) is 11.6 Å². The Morgan fingerprint density at radius 1 is 0.783 bits per heavy atom. The zero-order chi connectivity index (χ0) is 17.5. The van der Waals surface area contributed by atoms with Crippen molar-refractivity contribution in [3.63, 3.8) is 0 Å². The van der Waals surface area contributed by atoms with Gasteiger partial charge in [0.1, 0.15) is 0 Å². The van der Waals surface area contributed by atoms with E-state index in [9.17, 15) is 0 Å². The maximum Gasteiger partial charge on any atom is 0.163 e. The largest absolute Gasteiger partial charge is 0.347 e. The van der Waals surface area contributed by atoms with Crippen LogP contribution in [0, 0.1) is 5.41 Å². The van der Waals surface area contributed by atoms with Crippen LogP contribution in [0.25, 0.3) is 0 Å². The van der Waals surface area contributed by atoms with Gasteiger partial charge < -0.3 is 18.9 Å². The van der Waals surface area contributed by atoms with Crippen molar-refractivity contribution in [2.75, 3.05) is 0 Å². The molecule has 0 amide bonds. The van der Waals surface area contributed by atoms with E-state index in [1.54, 1.807) is 0 Å². The Morgan fingerprint density at radius 3 is 1.78 bits per heavy atom. The normalized spacial score (nSPS) is 37.6. The van der Waals surface area contributed by atoms with Crippen LogP contribution in [0.5, 0.6) is 0 Å². The summed E-state index contributed by atoms with van der Waals surface area (Å²) >= 11 is 0. The van der Waals surface area contributed by atoms with E-state index < -0.39 is 11.6 Å². The zero-order valence-electron chi connectivity index (χ0n) is 16.3. The van der Waals surface area contributed by atoms with Crippen molar-refractivity contribution in [1.82, 2.24) is 0 Å². The minimum absolute atomic E-state index is 0.112. The summed E-state index contributed by atoms with van der Waals surface area (Å²) in [5.74, 6) is -1.04. The molecule has 0 aromatic heterocycles. The van der Waals surface area contributed by atoms with Crippen molar-refractivity contribution in [2.24, 2.45) is 5.41 Å². The summed E-state index contributed by atoms with van der Waals surface area (Å²) < 4.78 is 24.5. The lowest BCUT2D eigenvalue weighted by molar-refractivity contribution is -0.333. The van der Waals surface area contributed by atoms with Gasteiger partial charge in [-0.05, 0) is 39.5 Å². The Kier molecular flexibility index (Phi) is 5.52. The molecule has 2 heterocycles. The average molecular weight is 328 g/mol. The molecule has 4 nitrogen and oxygen atoms in total. The first kappa shape index (κ1) is 19.2. The molecular weight excluding hydrogens is 292 g/mol. The highest BCUT2D eigenvalue weighted by atomic mass is 16.7. The third kappa shape index (κ3) is 5.42. The van der Waals surface area contributed by atoms with E-state index in [2.05, 4.69) is 27.7 Å². The number of rotatable bonds is 3. The summed E-state index contributed by atoms with van der Waals surface area (Å²) in [6.45, 7) is 16.9. The lowest BCUT2D eigenvalue weighted by atomic mass is 9.83. The Hall–Kier alpha value is -0.160. The lowest BCUT2D eigenvalue weighted by Crippen LogP contribution is -2.51. The molecule has 2 rings (SSSR count). The molecular formula is C19H36O4. The van der Waals surface area contributed by atoms with E-state index in [-0.39, 0.29) is 29.8 Å². The Balaban J connectivity index is 2.03. The SMILES string of the molecule is CC[C@@H]1C[C@H](C[C@@H]2C[C@@H](C(C)(C)C)OC(C)(C)O2)OC(C)(C)O1. The number of hydrogen-bond acceptors (Lipinski definition) is 4. The monoisotopic (exact) mass is 328 g/mol. The predicted octanol–water partition coefficient (Wildman–Crippen LogP) is 4.65. The molecule has 2 aliphatic heterocycles. The average Bonchev–Trinajstić information content (AvgIpc) is 2.33. The summed E-state index contributed by atoms with van der Waals surface area (Å²) in [5, 5.41) is 0.